The highest BCUT2D eigenvalue weighted by molar-refractivity contribution is 6.03. The van der Waals surface area contributed by atoms with Crippen molar-refractivity contribution in [2.45, 2.75) is 31.3 Å². The SMILES string of the molecule is N#Cc1ccc(-c2[nH]c3ccc(C4(O)CCCC4)cc3c2-c2ccnc(N)n2)cc1. The Morgan fingerprint density at radius 3 is 2.53 bits per heavy atom. The summed E-state index contributed by atoms with van der Waals surface area (Å²) in [4.78, 5) is 12.0. The molecule has 0 bridgehead atoms. The monoisotopic (exact) mass is 395 g/mol. The van der Waals surface area contributed by atoms with E-state index in [1.165, 1.54) is 0 Å². The Bertz CT molecular complexity index is 1280. The van der Waals surface area contributed by atoms with Gasteiger partial charge in [-0.05, 0) is 54.3 Å². The van der Waals surface area contributed by atoms with Crippen LogP contribution in [-0.2, 0) is 5.60 Å². The first-order valence-electron chi connectivity index (χ1n) is 10.1. The molecule has 0 saturated heterocycles. The number of aromatic nitrogens is 3. The third kappa shape index (κ3) is 3.00. The van der Waals surface area contributed by atoms with Crippen molar-refractivity contribution in [1.82, 2.24) is 15.0 Å². The molecule has 0 radical (unpaired) electrons. The van der Waals surface area contributed by atoms with Crippen LogP contribution in [0.4, 0.5) is 5.95 Å². The number of nitrogens with one attached hydrogen (secondary N) is 1. The molecule has 6 heteroatoms. The van der Waals surface area contributed by atoms with Crippen LogP contribution in [0.5, 0.6) is 0 Å². The summed E-state index contributed by atoms with van der Waals surface area (Å²) in [7, 11) is 0. The second-order valence-electron chi connectivity index (χ2n) is 7.86. The molecule has 1 fully saturated rings. The molecule has 0 amide bonds. The maximum atomic E-state index is 11.1. The highest BCUT2D eigenvalue weighted by atomic mass is 16.3. The average Bonchev–Trinajstić information content (AvgIpc) is 3.38. The third-order valence-corrected chi connectivity index (χ3v) is 6.00. The number of aliphatic hydroxyl groups is 1. The molecule has 0 spiro atoms. The van der Waals surface area contributed by atoms with E-state index in [-0.39, 0.29) is 5.95 Å². The van der Waals surface area contributed by atoms with Crippen LogP contribution in [0.3, 0.4) is 0 Å². The smallest absolute Gasteiger partial charge is 0.220 e. The molecule has 6 nitrogen and oxygen atoms in total. The van der Waals surface area contributed by atoms with Crippen LogP contribution in [0.25, 0.3) is 33.4 Å². The van der Waals surface area contributed by atoms with Gasteiger partial charge in [0.15, 0.2) is 0 Å². The van der Waals surface area contributed by atoms with Crippen molar-refractivity contribution in [2.75, 3.05) is 5.73 Å². The lowest BCUT2D eigenvalue weighted by Gasteiger charge is -2.22. The summed E-state index contributed by atoms with van der Waals surface area (Å²) in [6.07, 6.45) is 5.27. The zero-order chi connectivity index (χ0) is 20.7. The number of H-pyrrole nitrogens is 1. The van der Waals surface area contributed by atoms with Crippen molar-refractivity contribution in [3.63, 3.8) is 0 Å². The van der Waals surface area contributed by atoms with Gasteiger partial charge in [0.05, 0.1) is 28.6 Å². The number of benzene rings is 2. The van der Waals surface area contributed by atoms with E-state index in [1.807, 2.05) is 30.3 Å². The van der Waals surface area contributed by atoms with Gasteiger partial charge < -0.3 is 15.8 Å². The molecule has 148 valence electrons. The van der Waals surface area contributed by atoms with E-state index in [0.717, 1.165) is 59.0 Å². The van der Waals surface area contributed by atoms with Crippen LogP contribution >= 0.6 is 0 Å². The van der Waals surface area contributed by atoms with Crippen LogP contribution in [-0.4, -0.2) is 20.1 Å². The molecule has 0 aliphatic heterocycles. The largest absolute Gasteiger partial charge is 0.385 e. The number of nitriles is 1. The molecule has 4 N–H and O–H groups in total. The number of aromatic amines is 1. The number of nitrogens with two attached hydrogens (primary N) is 1. The molecule has 30 heavy (non-hydrogen) atoms. The summed E-state index contributed by atoms with van der Waals surface area (Å²) in [6, 6.07) is 17.5. The predicted octanol–water partition coefficient (Wildman–Crippen LogP) is 4.51. The Balaban J connectivity index is 1.76. The minimum absolute atomic E-state index is 0.207. The standard InChI is InChI=1S/C24H21N5O/c25-14-15-3-5-16(6-4-15)22-21(20-9-12-27-23(26)29-20)18-13-17(7-8-19(18)28-22)24(30)10-1-2-11-24/h3-9,12-13,28,30H,1-2,10-11H2,(H2,26,27,29). The highest BCUT2D eigenvalue weighted by Crippen LogP contribution is 2.43. The maximum absolute atomic E-state index is 11.1. The Morgan fingerprint density at radius 2 is 1.83 bits per heavy atom. The molecule has 0 unspecified atom stereocenters. The number of fused-ring (bicyclic) bond motifs is 1. The number of nitrogen functional groups attached to an aromatic ring is 1. The fourth-order valence-electron chi connectivity index (χ4n) is 4.44. The molecule has 5 rings (SSSR count). The first-order valence-corrected chi connectivity index (χ1v) is 10.1. The highest BCUT2D eigenvalue weighted by Gasteiger charge is 2.33. The normalized spacial score (nSPS) is 15.3. The lowest BCUT2D eigenvalue weighted by atomic mass is 9.90. The summed E-state index contributed by atoms with van der Waals surface area (Å²) in [5, 5.41) is 21.2. The second-order valence-corrected chi connectivity index (χ2v) is 7.86. The van der Waals surface area contributed by atoms with Gasteiger partial charge in [-0.15, -0.1) is 0 Å². The molecule has 1 saturated carbocycles. The molecule has 1 aliphatic carbocycles. The molecule has 1 aliphatic rings. The van der Waals surface area contributed by atoms with Gasteiger partial charge in [0.25, 0.3) is 0 Å². The topological polar surface area (TPSA) is 112 Å². The third-order valence-electron chi connectivity index (χ3n) is 6.00. The van der Waals surface area contributed by atoms with Crippen LogP contribution in [0.15, 0.2) is 54.7 Å². The zero-order valence-electron chi connectivity index (χ0n) is 16.4. The lowest BCUT2D eigenvalue weighted by Crippen LogP contribution is -2.20. The molecular formula is C24H21N5O. The number of rotatable bonds is 3. The zero-order valence-corrected chi connectivity index (χ0v) is 16.4. The molecular weight excluding hydrogens is 374 g/mol. The van der Waals surface area contributed by atoms with Gasteiger partial charge in [0, 0.05) is 22.7 Å². The van der Waals surface area contributed by atoms with E-state index >= 15 is 0 Å². The van der Waals surface area contributed by atoms with Crippen molar-refractivity contribution in [3.05, 3.63) is 65.9 Å². The van der Waals surface area contributed by atoms with Gasteiger partial charge in [-0.2, -0.15) is 5.26 Å². The molecule has 4 aromatic rings. The summed E-state index contributed by atoms with van der Waals surface area (Å²) >= 11 is 0. The minimum atomic E-state index is -0.776. The van der Waals surface area contributed by atoms with Crippen molar-refractivity contribution in [3.8, 4) is 28.6 Å². The van der Waals surface area contributed by atoms with E-state index in [9.17, 15) is 5.11 Å². The Kier molecular flexibility index (Phi) is 4.27. The maximum Gasteiger partial charge on any atom is 0.220 e. The van der Waals surface area contributed by atoms with Gasteiger partial charge in [0.1, 0.15) is 0 Å². The van der Waals surface area contributed by atoms with Crippen LogP contribution < -0.4 is 5.73 Å². The summed E-state index contributed by atoms with van der Waals surface area (Å²) in [5.74, 6) is 0.207. The first kappa shape index (κ1) is 18.3. The minimum Gasteiger partial charge on any atom is -0.385 e. The van der Waals surface area contributed by atoms with Gasteiger partial charge in [-0.25, -0.2) is 9.97 Å². The van der Waals surface area contributed by atoms with Crippen LogP contribution in [0.2, 0.25) is 0 Å². The average molecular weight is 395 g/mol. The van der Waals surface area contributed by atoms with E-state index in [2.05, 4.69) is 27.1 Å². The van der Waals surface area contributed by atoms with E-state index in [1.54, 1.807) is 18.3 Å². The van der Waals surface area contributed by atoms with Gasteiger partial charge >= 0.3 is 0 Å². The molecule has 0 atom stereocenters. The van der Waals surface area contributed by atoms with Crippen molar-refractivity contribution >= 4 is 16.9 Å². The first-order chi connectivity index (χ1) is 14.6. The number of anilines is 1. The fraction of sp³-hybridized carbons (Fsp3) is 0.208. The fourth-order valence-corrected chi connectivity index (χ4v) is 4.44. The van der Waals surface area contributed by atoms with Gasteiger partial charge in [-0.1, -0.05) is 31.0 Å². The number of hydrogen-bond acceptors (Lipinski definition) is 5. The van der Waals surface area contributed by atoms with E-state index < -0.39 is 5.60 Å². The van der Waals surface area contributed by atoms with E-state index in [4.69, 9.17) is 11.0 Å². The second kappa shape index (κ2) is 6.97. The molecule has 2 aromatic heterocycles. The summed E-state index contributed by atoms with van der Waals surface area (Å²) in [5.41, 5.74) is 11.0. The lowest BCUT2D eigenvalue weighted by molar-refractivity contribution is 0.0446. The van der Waals surface area contributed by atoms with Crippen LogP contribution in [0.1, 0.15) is 36.8 Å². The van der Waals surface area contributed by atoms with Gasteiger partial charge in [0.2, 0.25) is 5.95 Å². The molecule has 2 heterocycles. The van der Waals surface area contributed by atoms with E-state index in [0.29, 0.717) is 11.3 Å². The van der Waals surface area contributed by atoms with Crippen molar-refractivity contribution in [2.24, 2.45) is 0 Å². The number of nitrogens with zero attached hydrogens (tertiary/aromatic N) is 3. The Labute approximate surface area is 174 Å². The van der Waals surface area contributed by atoms with Crippen molar-refractivity contribution in [1.29, 1.82) is 5.26 Å². The van der Waals surface area contributed by atoms with Crippen LogP contribution in [0, 0.1) is 11.3 Å². The quantitative estimate of drug-likeness (QED) is 0.473. The predicted molar refractivity (Wildman–Crippen MR) is 116 cm³/mol. The number of hydrogen-bond donors (Lipinski definition) is 3. The summed E-state index contributed by atoms with van der Waals surface area (Å²) < 4.78 is 0. The Hall–Kier alpha value is -3.69. The Morgan fingerprint density at radius 1 is 1.07 bits per heavy atom. The molecule has 2 aromatic carbocycles. The summed E-state index contributed by atoms with van der Waals surface area (Å²) in [6.45, 7) is 0. The van der Waals surface area contributed by atoms with Gasteiger partial charge in [-0.3, -0.25) is 0 Å². The van der Waals surface area contributed by atoms with Crippen molar-refractivity contribution < 1.29 is 5.11 Å².